The first-order chi connectivity index (χ1) is 8.53. The standard InChI is InChI=1S/C10H13N3O2S3/c1-7-5-12-10(17-7)13-18(14,15)9-3-4-16-8(9)6-11-2/h3-5,11H,6H2,1-2H3,(H,12,13). The van der Waals surface area contributed by atoms with Crippen LogP contribution in [0.3, 0.4) is 0 Å². The Hall–Kier alpha value is -0.960. The molecule has 0 bridgehead atoms. The van der Waals surface area contributed by atoms with Gasteiger partial charge in [0.2, 0.25) is 0 Å². The maximum absolute atomic E-state index is 12.2. The van der Waals surface area contributed by atoms with Crippen LogP contribution in [0.2, 0.25) is 0 Å². The first kappa shape index (κ1) is 13.5. The summed E-state index contributed by atoms with van der Waals surface area (Å²) in [4.78, 5) is 6.07. The van der Waals surface area contributed by atoms with E-state index in [9.17, 15) is 8.42 Å². The van der Waals surface area contributed by atoms with E-state index in [-0.39, 0.29) is 0 Å². The number of hydrogen-bond donors (Lipinski definition) is 2. The van der Waals surface area contributed by atoms with E-state index >= 15 is 0 Å². The molecular weight excluding hydrogens is 290 g/mol. The molecule has 2 aromatic rings. The van der Waals surface area contributed by atoms with Crippen molar-refractivity contribution in [2.24, 2.45) is 0 Å². The van der Waals surface area contributed by atoms with Crippen LogP contribution in [0.1, 0.15) is 9.75 Å². The lowest BCUT2D eigenvalue weighted by Crippen LogP contribution is -2.15. The summed E-state index contributed by atoms with van der Waals surface area (Å²) in [6.45, 7) is 2.41. The van der Waals surface area contributed by atoms with Crippen LogP contribution in [0, 0.1) is 6.92 Å². The van der Waals surface area contributed by atoms with Crippen molar-refractivity contribution < 1.29 is 8.42 Å². The molecule has 2 aromatic heterocycles. The summed E-state index contributed by atoms with van der Waals surface area (Å²) in [5.74, 6) is 0. The molecular formula is C10H13N3O2S3. The van der Waals surface area contributed by atoms with Crippen LogP contribution in [0.5, 0.6) is 0 Å². The van der Waals surface area contributed by atoms with Gasteiger partial charge in [-0.15, -0.1) is 22.7 Å². The number of sulfonamides is 1. The monoisotopic (exact) mass is 303 g/mol. The molecule has 5 nitrogen and oxygen atoms in total. The van der Waals surface area contributed by atoms with E-state index < -0.39 is 10.0 Å². The van der Waals surface area contributed by atoms with Crippen LogP contribution in [0.4, 0.5) is 5.13 Å². The second-order valence-corrected chi connectivity index (χ2v) is 7.51. The van der Waals surface area contributed by atoms with Gasteiger partial charge in [-0.05, 0) is 25.4 Å². The van der Waals surface area contributed by atoms with E-state index in [4.69, 9.17) is 0 Å². The number of nitrogens with one attached hydrogen (secondary N) is 2. The van der Waals surface area contributed by atoms with Gasteiger partial charge in [0.1, 0.15) is 4.90 Å². The Balaban J connectivity index is 2.27. The Kier molecular flexibility index (Phi) is 4.00. The molecule has 0 aliphatic rings. The van der Waals surface area contributed by atoms with Crippen molar-refractivity contribution in [1.29, 1.82) is 0 Å². The van der Waals surface area contributed by atoms with Gasteiger partial charge in [-0.1, -0.05) is 0 Å². The van der Waals surface area contributed by atoms with Crippen molar-refractivity contribution in [3.8, 4) is 0 Å². The Morgan fingerprint density at radius 1 is 1.44 bits per heavy atom. The maximum Gasteiger partial charge on any atom is 0.264 e. The quantitative estimate of drug-likeness (QED) is 0.886. The van der Waals surface area contributed by atoms with Gasteiger partial charge in [-0.2, -0.15) is 0 Å². The minimum atomic E-state index is -3.54. The van der Waals surface area contributed by atoms with Gasteiger partial charge in [0.25, 0.3) is 10.0 Å². The van der Waals surface area contributed by atoms with Crippen LogP contribution in [-0.4, -0.2) is 20.4 Å². The Bertz CT molecular complexity index is 630. The zero-order chi connectivity index (χ0) is 13.2. The van der Waals surface area contributed by atoms with Crippen molar-refractivity contribution in [3.05, 3.63) is 27.4 Å². The number of anilines is 1. The topological polar surface area (TPSA) is 71.1 Å². The average Bonchev–Trinajstić information content (AvgIpc) is 2.88. The normalized spacial score (nSPS) is 11.7. The molecule has 0 spiro atoms. The van der Waals surface area contributed by atoms with Crippen LogP contribution < -0.4 is 10.0 Å². The predicted molar refractivity (Wildman–Crippen MR) is 74.7 cm³/mol. The van der Waals surface area contributed by atoms with Crippen LogP contribution in [0.15, 0.2) is 22.5 Å². The molecule has 2 rings (SSSR count). The number of thiophene rings is 1. The average molecular weight is 303 g/mol. The second kappa shape index (κ2) is 5.35. The molecule has 2 heterocycles. The van der Waals surface area contributed by atoms with Gasteiger partial charge in [-0.25, -0.2) is 13.4 Å². The number of hydrogen-bond acceptors (Lipinski definition) is 6. The number of rotatable bonds is 5. The molecule has 0 saturated heterocycles. The lowest BCUT2D eigenvalue weighted by atomic mass is 10.5. The summed E-state index contributed by atoms with van der Waals surface area (Å²) >= 11 is 2.74. The van der Waals surface area contributed by atoms with E-state index in [0.717, 1.165) is 9.75 Å². The smallest absolute Gasteiger partial charge is 0.264 e. The Morgan fingerprint density at radius 2 is 2.22 bits per heavy atom. The lowest BCUT2D eigenvalue weighted by Gasteiger charge is -2.05. The first-order valence-corrected chi connectivity index (χ1v) is 8.37. The van der Waals surface area contributed by atoms with Gasteiger partial charge in [0.15, 0.2) is 5.13 Å². The molecule has 8 heteroatoms. The van der Waals surface area contributed by atoms with E-state index in [1.54, 1.807) is 24.7 Å². The van der Waals surface area contributed by atoms with Crippen molar-refractivity contribution >= 4 is 37.8 Å². The Labute approximate surface area is 114 Å². The van der Waals surface area contributed by atoms with Crippen molar-refractivity contribution in [2.45, 2.75) is 18.4 Å². The lowest BCUT2D eigenvalue weighted by molar-refractivity contribution is 0.600. The molecule has 0 aromatic carbocycles. The number of nitrogens with zero attached hydrogens (tertiary/aromatic N) is 1. The molecule has 0 atom stereocenters. The third-order valence-electron chi connectivity index (χ3n) is 2.17. The van der Waals surface area contributed by atoms with Gasteiger partial charge >= 0.3 is 0 Å². The largest absolute Gasteiger partial charge is 0.315 e. The summed E-state index contributed by atoms with van der Waals surface area (Å²) in [6, 6.07) is 1.61. The number of aromatic nitrogens is 1. The van der Waals surface area contributed by atoms with Crippen molar-refractivity contribution in [2.75, 3.05) is 11.8 Å². The molecule has 0 fully saturated rings. The van der Waals surface area contributed by atoms with Gasteiger partial charge in [-0.3, -0.25) is 4.72 Å². The first-order valence-electron chi connectivity index (χ1n) is 5.19. The zero-order valence-electron chi connectivity index (χ0n) is 9.93. The molecule has 0 aliphatic heterocycles. The van der Waals surface area contributed by atoms with Crippen molar-refractivity contribution in [3.63, 3.8) is 0 Å². The molecule has 0 unspecified atom stereocenters. The third kappa shape index (κ3) is 2.89. The fraction of sp³-hybridized carbons (Fsp3) is 0.300. The SMILES string of the molecule is CNCc1sccc1S(=O)(=O)Nc1ncc(C)s1. The second-order valence-electron chi connectivity index (χ2n) is 3.62. The van der Waals surface area contributed by atoms with E-state index in [1.807, 2.05) is 6.92 Å². The maximum atomic E-state index is 12.2. The highest BCUT2D eigenvalue weighted by Crippen LogP contribution is 2.25. The predicted octanol–water partition coefficient (Wildman–Crippen LogP) is 2.03. The van der Waals surface area contributed by atoms with Crippen LogP contribution in [-0.2, 0) is 16.6 Å². The molecule has 0 aliphatic carbocycles. The summed E-state index contributed by atoms with van der Waals surface area (Å²) in [5.41, 5.74) is 0. The van der Waals surface area contributed by atoms with Gasteiger partial charge < -0.3 is 5.32 Å². The fourth-order valence-electron chi connectivity index (χ4n) is 1.43. The molecule has 0 saturated carbocycles. The highest BCUT2D eigenvalue weighted by molar-refractivity contribution is 7.93. The molecule has 2 N–H and O–H groups in total. The van der Waals surface area contributed by atoms with E-state index in [2.05, 4.69) is 15.0 Å². The van der Waals surface area contributed by atoms with Crippen molar-refractivity contribution in [1.82, 2.24) is 10.3 Å². The molecule has 0 radical (unpaired) electrons. The van der Waals surface area contributed by atoms with Gasteiger partial charge in [0.05, 0.1) is 0 Å². The van der Waals surface area contributed by atoms with E-state index in [0.29, 0.717) is 16.6 Å². The summed E-state index contributed by atoms with van der Waals surface area (Å²) in [5, 5.41) is 5.13. The van der Waals surface area contributed by atoms with Crippen LogP contribution >= 0.6 is 22.7 Å². The summed E-state index contributed by atoms with van der Waals surface area (Å²) in [6.07, 6.45) is 1.64. The zero-order valence-corrected chi connectivity index (χ0v) is 12.4. The summed E-state index contributed by atoms with van der Waals surface area (Å²) in [7, 11) is -1.76. The minimum Gasteiger partial charge on any atom is -0.315 e. The number of thiazole rings is 1. The molecule has 18 heavy (non-hydrogen) atoms. The Morgan fingerprint density at radius 3 is 2.83 bits per heavy atom. The number of aryl methyl sites for hydroxylation is 1. The third-order valence-corrected chi connectivity index (χ3v) is 5.61. The molecule has 0 amide bonds. The van der Waals surface area contributed by atoms with E-state index in [1.165, 1.54) is 22.7 Å². The highest BCUT2D eigenvalue weighted by atomic mass is 32.2. The highest BCUT2D eigenvalue weighted by Gasteiger charge is 2.20. The summed E-state index contributed by atoms with van der Waals surface area (Å²) < 4.78 is 26.9. The van der Waals surface area contributed by atoms with Crippen LogP contribution in [0.25, 0.3) is 0 Å². The fourth-order valence-corrected chi connectivity index (χ4v) is 4.79. The minimum absolute atomic E-state index is 0.315. The molecule has 98 valence electrons. The van der Waals surface area contributed by atoms with Gasteiger partial charge in [0, 0.05) is 22.5 Å².